The van der Waals surface area contributed by atoms with Crippen molar-refractivity contribution in [1.82, 2.24) is 4.98 Å². The van der Waals surface area contributed by atoms with Gasteiger partial charge in [-0.15, -0.1) is 0 Å². The average molecular weight is 249 g/mol. The van der Waals surface area contributed by atoms with E-state index in [1.807, 2.05) is 19.2 Å². The first kappa shape index (κ1) is 13.5. The van der Waals surface area contributed by atoms with Crippen molar-refractivity contribution >= 4 is 0 Å². The van der Waals surface area contributed by atoms with Gasteiger partial charge in [-0.25, -0.2) is 0 Å². The Kier molecular flexibility index (Phi) is 4.36. The number of aliphatic hydroxyl groups excluding tert-OH is 1. The average Bonchev–Trinajstić information content (AvgIpc) is 2.64. The van der Waals surface area contributed by atoms with Crippen LogP contribution in [0.1, 0.15) is 55.8 Å². The zero-order valence-corrected chi connectivity index (χ0v) is 11.4. The predicted octanol–water partition coefficient (Wildman–Crippen LogP) is 3.16. The number of hydrogen-bond donors (Lipinski definition) is 1. The summed E-state index contributed by atoms with van der Waals surface area (Å²) in [5.74, 6) is 0. The van der Waals surface area contributed by atoms with Crippen molar-refractivity contribution in [2.75, 3.05) is 7.11 Å². The van der Waals surface area contributed by atoms with Crippen LogP contribution >= 0.6 is 0 Å². The van der Waals surface area contributed by atoms with Gasteiger partial charge in [0.1, 0.15) is 6.10 Å². The minimum absolute atomic E-state index is 0.425. The molecule has 2 rings (SSSR count). The zero-order valence-electron chi connectivity index (χ0n) is 11.4. The van der Waals surface area contributed by atoms with E-state index < -0.39 is 11.7 Å². The molecule has 1 heterocycles. The maximum atomic E-state index is 10.7. The highest BCUT2D eigenvalue weighted by molar-refractivity contribution is 5.21. The number of aromatic nitrogens is 1. The SMILES string of the molecule is COC1(C(O)c2cncc(C)c2)CCCCCC1. The molecule has 100 valence electrons. The van der Waals surface area contributed by atoms with Crippen LogP contribution < -0.4 is 0 Å². The van der Waals surface area contributed by atoms with E-state index in [4.69, 9.17) is 4.74 Å². The molecule has 0 aliphatic heterocycles. The number of aryl methyl sites for hydroxylation is 1. The molecular weight excluding hydrogens is 226 g/mol. The molecule has 1 N–H and O–H groups in total. The molecular formula is C15H23NO2. The van der Waals surface area contributed by atoms with E-state index in [1.165, 1.54) is 12.8 Å². The van der Waals surface area contributed by atoms with Crippen LogP contribution in [0, 0.1) is 6.92 Å². The summed E-state index contributed by atoms with van der Waals surface area (Å²) in [5, 5.41) is 10.7. The van der Waals surface area contributed by atoms with Crippen molar-refractivity contribution in [3.05, 3.63) is 29.6 Å². The second-order valence-corrected chi connectivity index (χ2v) is 5.38. The third kappa shape index (κ3) is 2.73. The largest absolute Gasteiger partial charge is 0.385 e. The van der Waals surface area contributed by atoms with Crippen LogP contribution in [-0.2, 0) is 4.74 Å². The van der Waals surface area contributed by atoms with Crippen LogP contribution in [0.5, 0.6) is 0 Å². The topological polar surface area (TPSA) is 42.4 Å². The molecule has 0 amide bonds. The number of pyridine rings is 1. The first-order chi connectivity index (χ1) is 8.68. The van der Waals surface area contributed by atoms with Crippen LogP contribution in [0.2, 0.25) is 0 Å². The molecule has 0 aromatic carbocycles. The maximum absolute atomic E-state index is 10.7. The Bertz CT molecular complexity index is 384. The minimum Gasteiger partial charge on any atom is -0.385 e. The summed E-state index contributed by atoms with van der Waals surface area (Å²) >= 11 is 0. The van der Waals surface area contributed by atoms with Crippen molar-refractivity contribution in [2.24, 2.45) is 0 Å². The smallest absolute Gasteiger partial charge is 0.109 e. The molecule has 18 heavy (non-hydrogen) atoms. The Labute approximate surface area is 109 Å². The van der Waals surface area contributed by atoms with Gasteiger partial charge in [-0.2, -0.15) is 0 Å². The molecule has 0 saturated heterocycles. The Balaban J connectivity index is 2.25. The summed E-state index contributed by atoms with van der Waals surface area (Å²) in [6.07, 6.45) is 9.58. The number of ether oxygens (including phenoxy) is 1. The Morgan fingerprint density at radius 3 is 2.44 bits per heavy atom. The molecule has 1 aliphatic carbocycles. The van der Waals surface area contributed by atoms with E-state index in [0.29, 0.717) is 0 Å². The van der Waals surface area contributed by atoms with Crippen molar-refractivity contribution in [1.29, 1.82) is 0 Å². The molecule has 3 nitrogen and oxygen atoms in total. The highest BCUT2D eigenvalue weighted by Crippen LogP contribution is 2.40. The quantitative estimate of drug-likeness (QED) is 0.837. The molecule has 0 spiro atoms. The Hall–Kier alpha value is -0.930. The van der Waals surface area contributed by atoms with E-state index in [9.17, 15) is 5.11 Å². The van der Waals surface area contributed by atoms with Crippen LogP contribution in [0.15, 0.2) is 18.5 Å². The normalized spacial score (nSPS) is 21.3. The lowest BCUT2D eigenvalue weighted by Gasteiger charge is -2.36. The van der Waals surface area contributed by atoms with Gasteiger partial charge >= 0.3 is 0 Å². The lowest BCUT2D eigenvalue weighted by atomic mass is 9.84. The molecule has 0 radical (unpaired) electrons. The summed E-state index contributed by atoms with van der Waals surface area (Å²) in [5.41, 5.74) is 1.52. The van der Waals surface area contributed by atoms with Crippen molar-refractivity contribution in [3.63, 3.8) is 0 Å². The van der Waals surface area contributed by atoms with Gasteiger partial charge in [0.2, 0.25) is 0 Å². The third-order valence-corrected chi connectivity index (χ3v) is 4.07. The number of hydrogen-bond acceptors (Lipinski definition) is 3. The first-order valence-electron chi connectivity index (χ1n) is 6.83. The van der Waals surface area contributed by atoms with Gasteiger partial charge in [0.05, 0.1) is 5.60 Å². The van der Waals surface area contributed by atoms with E-state index >= 15 is 0 Å². The molecule has 1 atom stereocenters. The van der Waals surface area contributed by atoms with E-state index in [-0.39, 0.29) is 0 Å². The van der Waals surface area contributed by atoms with E-state index in [0.717, 1.165) is 36.8 Å². The fourth-order valence-corrected chi connectivity index (χ4v) is 2.95. The predicted molar refractivity (Wildman–Crippen MR) is 71.4 cm³/mol. The second kappa shape index (κ2) is 5.81. The van der Waals surface area contributed by atoms with Crippen LogP contribution in [0.3, 0.4) is 0 Å². The van der Waals surface area contributed by atoms with Gasteiger partial charge in [0.15, 0.2) is 0 Å². The monoisotopic (exact) mass is 249 g/mol. The summed E-state index contributed by atoms with van der Waals surface area (Å²) < 4.78 is 5.74. The lowest BCUT2D eigenvalue weighted by Crippen LogP contribution is -2.38. The van der Waals surface area contributed by atoms with Gasteiger partial charge in [0.25, 0.3) is 0 Å². The number of methoxy groups -OCH3 is 1. The van der Waals surface area contributed by atoms with Gasteiger partial charge in [0, 0.05) is 25.1 Å². The summed E-state index contributed by atoms with van der Waals surface area (Å²) in [7, 11) is 1.72. The molecule has 1 aromatic heterocycles. The molecule has 3 heteroatoms. The van der Waals surface area contributed by atoms with Crippen molar-refractivity contribution in [3.8, 4) is 0 Å². The molecule has 0 bridgehead atoms. The molecule has 1 unspecified atom stereocenters. The first-order valence-corrected chi connectivity index (χ1v) is 6.83. The van der Waals surface area contributed by atoms with Crippen LogP contribution in [-0.4, -0.2) is 22.8 Å². The Morgan fingerprint density at radius 2 is 1.89 bits per heavy atom. The number of nitrogens with zero attached hydrogens (tertiary/aromatic N) is 1. The fourth-order valence-electron chi connectivity index (χ4n) is 2.95. The minimum atomic E-state index is -0.576. The van der Waals surface area contributed by atoms with Gasteiger partial charge in [-0.3, -0.25) is 4.98 Å². The highest BCUT2D eigenvalue weighted by Gasteiger charge is 2.39. The zero-order chi connectivity index (χ0) is 13.0. The number of aliphatic hydroxyl groups is 1. The van der Waals surface area contributed by atoms with Gasteiger partial charge in [-0.05, 0) is 25.3 Å². The van der Waals surface area contributed by atoms with Crippen molar-refractivity contribution in [2.45, 2.75) is 57.2 Å². The summed E-state index contributed by atoms with van der Waals surface area (Å²) in [4.78, 5) is 4.17. The van der Waals surface area contributed by atoms with Crippen LogP contribution in [0.4, 0.5) is 0 Å². The molecule has 1 aliphatic rings. The van der Waals surface area contributed by atoms with Gasteiger partial charge in [-0.1, -0.05) is 31.7 Å². The standard InChI is InChI=1S/C15H23NO2/c1-12-9-13(11-16-10-12)14(17)15(18-2)7-5-3-4-6-8-15/h9-11,14,17H,3-8H2,1-2H3. The van der Waals surface area contributed by atoms with Crippen LogP contribution in [0.25, 0.3) is 0 Å². The fraction of sp³-hybridized carbons (Fsp3) is 0.667. The highest BCUT2D eigenvalue weighted by atomic mass is 16.5. The van der Waals surface area contributed by atoms with E-state index in [1.54, 1.807) is 13.3 Å². The molecule has 1 fully saturated rings. The Morgan fingerprint density at radius 1 is 1.22 bits per heavy atom. The molecule has 1 aromatic rings. The third-order valence-electron chi connectivity index (χ3n) is 4.07. The maximum Gasteiger partial charge on any atom is 0.109 e. The van der Waals surface area contributed by atoms with E-state index in [2.05, 4.69) is 4.98 Å². The van der Waals surface area contributed by atoms with Gasteiger partial charge < -0.3 is 9.84 Å². The molecule has 1 saturated carbocycles. The summed E-state index contributed by atoms with van der Waals surface area (Å²) in [6, 6.07) is 2.00. The summed E-state index contributed by atoms with van der Waals surface area (Å²) in [6.45, 7) is 2.00. The lowest BCUT2D eigenvalue weighted by molar-refractivity contribution is -0.114. The number of rotatable bonds is 3. The second-order valence-electron chi connectivity index (χ2n) is 5.38. The van der Waals surface area contributed by atoms with Crippen molar-refractivity contribution < 1.29 is 9.84 Å².